The van der Waals surface area contributed by atoms with Crippen LogP contribution in [0.3, 0.4) is 0 Å². The maximum absolute atomic E-state index is 13.2. The quantitative estimate of drug-likeness (QED) is 0.865. The maximum Gasteiger partial charge on any atom is 0.416 e. The van der Waals surface area contributed by atoms with Gasteiger partial charge < -0.3 is 9.52 Å². The predicted octanol–water partition coefficient (Wildman–Crippen LogP) is 3.71. The summed E-state index contributed by atoms with van der Waals surface area (Å²) in [5.74, 6) is -0.631. The van der Waals surface area contributed by atoms with Gasteiger partial charge in [-0.1, -0.05) is 0 Å². The van der Waals surface area contributed by atoms with Crippen LogP contribution in [-0.2, 0) is 12.6 Å². The van der Waals surface area contributed by atoms with Crippen molar-refractivity contribution in [2.75, 3.05) is 0 Å². The van der Waals surface area contributed by atoms with Crippen LogP contribution in [0, 0.1) is 5.82 Å². The van der Waals surface area contributed by atoms with E-state index in [2.05, 4.69) is 0 Å². The Morgan fingerprint density at radius 2 is 1.95 bits per heavy atom. The highest BCUT2D eigenvalue weighted by Crippen LogP contribution is 2.32. The van der Waals surface area contributed by atoms with E-state index in [-0.39, 0.29) is 12.0 Å². The number of aliphatic hydroxyl groups is 1. The molecule has 6 heteroatoms. The molecule has 102 valence electrons. The number of hydrogen-bond donors (Lipinski definition) is 1. The molecule has 0 spiro atoms. The highest BCUT2D eigenvalue weighted by Gasteiger charge is 2.32. The van der Waals surface area contributed by atoms with E-state index in [4.69, 9.17) is 4.42 Å². The van der Waals surface area contributed by atoms with Gasteiger partial charge in [0.2, 0.25) is 0 Å². The van der Waals surface area contributed by atoms with Crippen molar-refractivity contribution in [2.45, 2.75) is 18.7 Å². The lowest BCUT2D eigenvalue weighted by Gasteiger charge is -2.13. The van der Waals surface area contributed by atoms with Crippen LogP contribution >= 0.6 is 0 Å². The van der Waals surface area contributed by atoms with Gasteiger partial charge in [-0.2, -0.15) is 13.2 Å². The molecule has 2 nitrogen and oxygen atoms in total. The standard InChI is InChI=1S/C13H10F4O2/c14-10-5-8(4-9(6-10)13(15,16)17)12(18)7-11-2-1-3-19-11/h1-6,12,18H,7H2. The summed E-state index contributed by atoms with van der Waals surface area (Å²) in [5.41, 5.74) is -1.26. The van der Waals surface area contributed by atoms with Crippen LogP contribution in [0.2, 0.25) is 0 Å². The Morgan fingerprint density at radius 1 is 1.21 bits per heavy atom. The molecule has 0 aliphatic rings. The van der Waals surface area contributed by atoms with E-state index in [0.29, 0.717) is 11.8 Å². The van der Waals surface area contributed by atoms with E-state index < -0.39 is 23.7 Å². The average Bonchev–Trinajstić information content (AvgIpc) is 2.79. The Morgan fingerprint density at radius 3 is 2.53 bits per heavy atom. The van der Waals surface area contributed by atoms with Crippen LogP contribution in [0.15, 0.2) is 41.0 Å². The number of benzene rings is 1. The smallest absolute Gasteiger partial charge is 0.416 e. The number of furan rings is 1. The molecule has 0 saturated heterocycles. The van der Waals surface area contributed by atoms with Crippen molar-refractivity contribution in [1.82, 2.24) is 0 Å². The molecule has 0 aliphatic carbocycles. The van der Waals surface area contributed by atoms with E-state index in [1.807, 2.05) is 0 Å². The molecule has 2 rings (SSSR count). The average molecular weight is 274 g/mol. The highest BCUT2D eigenvalue weighted by atomic mass is 19.4. The first-order valence-electron chi connectivity index (χ1n) is 5.44. The molecule has 1 unspecified atom stereocenters. The summed E-state index contributed by atoms with van der Waals surface area (Å²) in [7, 11) is 0. The lowest BCUT2D eigenvalue weighted by atomic mass is 10.0. The van der Waals surface area contributed by atoms with Gasteiger partial charge in [-0.25, -0.2) is 4.39 Å². The fourth-order valence-corrected chi connectivity index (χ4v) is 1.71. The number of aliphatic hydroxyl groups excluding tert-OH is 1. The van der Waals surface area contributed by atoms with Gasteiger partial charge in [-0.15, -0.1) is 0 Å². The minimum absolute atomic E-state index is 0.0201. The molecule has 1 aromatic heterocycles. The number of hydrogen-bond acceptors (Lipinski definition) is 2. The molecule has 1 N–H and O–H groups in total. The van der Waals surface area contributed by atoms with Crippen molar-refractivity contribution in [3.63, 3.8) is 0 Å². The zero-order valence-electron chi connectivity index (χ0n) is 9.62. The van der Waals surface area contributed by atoms with Gasteiger partial charge in [-0.3, -0.25) is 0 Å². The van der Waals surface area contributed by atoms with Gasteiger partial charge >= 0.3 is 6.18 Å². The van der Waals surface area contributed by atoms with Gasteiger partial charge in [0, 0.05) is 6.42 Å². The van der Waals surface area contributed by atoms with Gasteiger partial charge in [0.15, 0.2) is 0 Å². The van der Waals surface area contributed by atoms with Crippen LogP contribution in [-0.4, -0.2) is 5.11 Å². The largest absolute Gasteiger partial charge is 0.469 e. The summed E-state index contributed by atoms with van der Waals surface area (Å²) in [5, 5.41) is 9.81. The second-order valence-corrected chi connectivity index (χ2v) is 4.07. The van der Waals surface area contributed by atoms with Crippen molar-refractivity contribution in [2.24, 2.45) is 0 Å². The Bertz CT molecular complexity index is 546. The second-order valence-electron chi connectivity index (χ2n) is 4.07. The Kier molecular flexibility index (Phi) is 3.61. The van der Waals surface area contributed by atoms with E-state index in [9.17, 15) is 22.7 Å². The molecule has 0 aliphatic heterocycles. The van der Waals surface area contributed by atoms with E-state index >= 15 is 0 Å². The number of alkyl halides is 3. The summed E-state index contributed by atoms with van der Waals surface area (Å²) < 4.78 is 55.7. The minimum atomic E-state index is -4.65. The molecule has 1 atom stereocenters. The molecular weight excluding hydrogens is 264 g/mol. The molecule has 0 saturated carbocycles. The first-order valence-corrected chi connectivity index (χ1v) is 5.44. The Hall–Kier alpha value is -1.82. The van der Waals surface area contributed by atoms with Crippen LogP contribution in [0.5, 0.6) is 0 Å². The van der Waals surface area contributed by atoms with Crippen molar-refractivity contribution in [3.05, 3.63) is 59.3 Å². The lowest BCUT2D eigenvalue weighted by Crippen LogP contribution is -2.09. The van der Waals surface area contributed by atoms with E-state index in [0.717, 1.165) is 12.1 Å². The van der Waals surface area contributed by atoms with Crippen LogP contribution in [0.1, 0.15) is 23.0 Å². The topological polar surface area (TPSA) is 33.4 Å². The van der Waals surface area contributed by atoms with Gasteiger partial charge in [0.1, 0.15) is 11.6 Å². The van der Waals surface area contributed by atoms with Gasteiger partial charge in [0.25, 0.3) is 0 Å². The van der Waals surface area contributed by atoms with Gasteiger partial charge in [-0.05, 0) is 35.9 Å². The molecule has 1 aromatic carbocycles. The highest BCUT2D eigenvalue weighted by molar-refractivity contribution is 5.29. The summed E-state index contributed by atoms with van der Waals surface area (Å²) in [6.07, 6.45) is -4.55. The summed E-state index contributed by atoms with van der Waals surface area (Å²) >= 11 is 0. The normalized spacial score (nSPS) is 13.5. The molecule has 19 heavy (non-hydrogen) atoms. The first kappa shape index (κ1) is 13.6. The fourth-order valence-electron chi connectivity index (χ4n) is 1.71. The maximum atomic E-state index is 13.2. The fraction of sp³-hybridized carbons (Fsp3) is 0.231. The molecule has 2 aromatic rings. The molecule has 0 amide bonds. The molecule has 0 fully saturated rings. The van der Waals surface area contributed by atoms with E-state index in [1.54, 1.807) is 12.1 Å². The van der Waals surface area contributed by atoms with Gasteiger partial charge in [0.05, 0.1) is 17.9 Å². The third-order valence-electron chi connectivity index (χ3n) is 2.61. The molecule has 1 heterocycles. The monoisotopic (exact) mass is 274 g/mol. The third-order valence-corrected chi connectivity index (χ3v) is 2.61. The lowest BCUT2D eigenvalue weighted by molar-refractivity contribution is -0.137. The number of halogens is 4. The zero-order chi connectivity index (χ0) is 14.0. The molecular formula is C13H10F4O2. The Labute approximate surface area is 106 Å². The van der Waals surface area contributed by atoms with Crippen molar-refractivity contribution in [3.8, 4) is 0 Å². The molecule has 0 bridgehead atoms. The predicted molar refractivity (Wildman–Crippen MR) is 58.8 cm³/mol. The SMILES string of the molecule is OC(Cc1ccco1)c1cc(F)cc(C(F)(F)F)c1. The second kappa shape index (κ2) is 5.05. The first-order chi connectivity index (χ1) is 8.86. The third kappa shape index (κ3) is 3.35. The number of rotatable bonds is 3. The minimum Gasteiger partial charge on any atom is -0.469 e. The van der Waals surface area contributed by atoms with E-state index in [1.165, 1.54) is 6.26 Å². The summed E-state index contributed by atoms with van der Waals surface area (Å²) in [6.45, 7) is 0. The summed E-state index contributed by atoms with van der Waals surface area (Å²) in [4.78, 5) is 0. The summed E-state index contributed by atoms with van der Waals surface area (Å²) in [6, 6.07) is 5.17. The Balaban J connectivity index is 2.26. The van der Waals surface area contributed by atoms with Crippen molar-refractivity contribution < 1.29 is 27.1 Å². The van der Waals surface area contributed by atoms with Crippen LogP contribution in [0.25, 0.3) is 0 Å². The van der Waals surface area contributed by atoms with Crippen molar-refractivity contribution >= 4 is 0 Å². The molecule has 0 radical (unpaired) electrons. The van der Waals surface area contributed by atoms with Crippen LogP contribution < -0.4 is 0 Å². The van der Waals surface area contributed by atoms with Crippen molar-refractivity contribution in [1.29, 1.82) is 0 Å². The van der Waals surface area contributed by atoms with Crippen LogP contribution in [0.4, 0.5) is 17.6 Å². The zero-order valence-corrected chi connectivity index (χ0v) is 9.62.